The molecule has 0 aromatic heterocycles. The average molecular weight is 383 g/mol. The highest BCUT2D eigenvalue weighted by molar-refractivity contribution is 9.10. The minimum Gasteiger partial charge on any atom is -0.508 e. The Kier molecular flexibility index (Phi) is 7.62. The van der Waals surface area contributed by atoms with Crippen LogP contribution in [0.3, 0.4) is 0 Å². The highest BCUT2D eigenvalue weighted by Crippen LogP contribution is 2.24. The average Bonchev–Trinajstić information content (AvgIpc) is 2.38. The molecular weight excluding hydrogens is 370 g/mol. The van der Waals surface area contributed by atoms with Crippen molar-refractivity contribution in [2.75, 3.05) is 5.34 Å². The van der Waals surface area contributed by atoms with E-state index in [2.05, 4.69) is 15.9 Å². The smallest absolute Gasteiger partial charge is 0.115 e. The summed E-state index contributed by atoms with van der Waals surface area (Å²) in [6.45, 7) is 0. The number of halogens is 4. The van der Waals surface area contributed by atoms with Gasteiger partial charge in [-0.1, -0.05) is 39.7 Å². The second-order valence-electron chi connectivity index (χ2n) is 3.68. The number of rotatable bonds is 2. The molecule has 0 bridgehead atoms. The fraction of sp³-hybridized carbons (Fsp3) is 0.143. The first-order valence-corrected chi connectivity index (χ1v) is 7.64. The summed E-state index contributed by atoms with van der Waals surface area (Å²) in [5.41, 5.74) is 2.19. The summed E-state index contributed by atoms with van der Waals surface area (Å²) in [4.78, 5) is 0. The van der Waals surface area contributed by atoms with Crippen LogP contribution in [0.5, 0.6) is 5.75 Å². The molecule has 102 valence electrons. The maximum absolute atomic E-state index is 9.19. The van der Waals surface area contributed by atoms with Crippen LogP contribution >= 0.6 is 50.7 Å². The molecule has 0 unspecified atom stereocenters. The van der Waals surface area contributed by atoms with Gasteiger partial charge in [-0.15, -0.1) is 23.2 Å². The van der Waals surface area contributed by atoms with Crippen molar-refractivity contribution in [3.8, 4) is 5.75 Å². The van der Waals surface area contributed by atoms with Crippen LogP contribution in [0.4, 0.5) is 0 Å². The molecule has 0 aliphatic heterocycles. The summed E-state index contributed by atoms with van der Waals surface area (Å²) in [6, 6.07) is 13.0. The summed E-state index contributed by atoms with van der Waals surface area (Å²) in [5, 5.41) is 10.1. The molecule has 0 aliphatic carbocycles. The Bertz CT molecular complexity index is 515. The van der Waals surface area contributed by atoms with E-state index in [0.29, 0.717) is 0 Å². The summed E-state index contributed by atoms with van der Waals surface area (Å²) in [7, 11) is 0. The predicted molar refractivity (Wildman–Crippen MR) is 86.6 cm³/mol. The van der Waals surface area contributed by atoms with Crippen molar-refractivity contribution in [2.24, 2.45) is 0 Å². The van der Waals surface area contributed by atoms with E-state index in [4.69, 9.17) is 34.8 Å². The monoisotopic (exact) mass is 380 g/mol. The fourth-order valence-corrected chi connectivity index (χ4v) is 2.11. The lowest BCUT2D eigenvalue weighted by Gasteiger charge is -2.05. The first-order chi connectivity index (χ1) is 9.06. The lowest BCUT2D eigenvalue weighted by molar-refractivity contribution is 0.475. The second kappa shape index (κ2) is 8.70. The van der Waals surface area contributed by atoms with Gasteiger partial charge in [-0.2, -0.15) is 0 Å². The Balaban J connectivity index is 0.000000550. The van der Waals surface area contributed by atoms with Gasteiger partial charge in [0.15, 0.2) is 0 Å². The third-order valence-electron chi connectivity index (χ3n) is 2.34. The molecule has 0 saturated heterocycles. The maximum atomic E-state index is 9.19. The molecule has 2 aromatic rings. The molecule has 0 radical (unpaired) electrons. The first-order valence-electron chi connectivity index (χ1n) is 5.40. The number of benzene rings is 2. The van der Waals surface area contributed by atoms with E-state index in [1.54, 1.807) is 12.1 Å². The molecule has 0 aliphatic rings. The van der Waals surface area contributed by atoms with E-state index in [1.807, 2.05) is 30.3 Å². The highest BCUT2D eigenvalue weighted by Gasteiger charge is 2.02. The molecule has 1 nitrogen and oxygen atoms in total. The van der Waals surface area contributed by atoms with E-state index < -0.39 is 0 Å². The Morgan fingerprint density at radius 2 is 1.58 bits per heavy atom. The van der Waals surface area contributed by atoms with Crippen LogP contribution in [0, 0.1) is 0 Å². The van der Waals surface area contributed by atoms with Gasteiger partial charge < -0.3 is 5.11 Å². The van der Waals surface area contributed by atoms with Crippen LogP contribution < -0.4 is 0 Å². The quantitative estimate of drug-likeness (QED) is 0.649. The van der Waals surface area contributed by atoms with Gasteiger partial charge in [0.25, 0.3) is 0 Å². The first kappa shape index (κ1) is 16.6. The SMILES string of the molecule is ClCCl.Oc1ccc(Cc2cc(Br)ccc2Cl)cc1. The van der Waals surface area contributed by atoms with E-state index in [0.717, 1.165) is 27.0 Å². The standard InChI is InChI=1S/C13H10BrClO.CH2Cl2/c14-11-3-6-13(15)10(8-11)7-9-1-4-12(16)5-2-9;2-1-3/h1-6,8,16H,7H2;1H2. The Morgan fingerprint density at radius 3 is 2.16 bits per heavy atom. The van der Waals surface area contributed by atoms with Crippen molar-refractivity contribution < 1.29 is 5.11 Å². The third kappa shape index (κ3) is 6.05. The topological polar surface area (TPSA) is 20.2 Å². The molecule has 5 heteroatoms. The van der Waals surface area contributed by atoms with Crippen LogP contribution in [0.15, 0.2) is 46.9 Å². The summed E-state index contributed by atoms with van der Waals surface area (Å²) >= 11 is 19.1. The predicted octanol–water partition coefficient (Wildman–Crippen LogP) is 5.82. The molecule has 19 heavy (non-hydrogen) atoms. The molecule has 0 saturated carbocycles. The van der Waals surface area contributed by atoms with Gasteiger partial charge in [0.05, 0.1) is 5.34 Å². The molecule has 2 rings (SSSR count). The molecule has 1 N–H and O–H groups in total. The van der Waals surface area contributed by atoms with E-state index >= 15 is 0 Å². The highest BCUT2D eigenvalue weighted by atomic mass is 79.9. The van der Waals surface area contributed by atoms with Gasteiger partial charge in [0.2, 0.25) is 0 Å². The molecular formula is C14H12BrCl3O. The number of phenols is 1. The van der Waals surface area contributed by atoms with Gasteiger partial charge in [-0.3, -0.25) is 0 Å². The molecule has 0 amide bonds. The zero-order chi connectivity index (χ0) is 14.3. The van der Waals surface area contributed by atoms with Crippen molar-refractivity contribution in [3.63, 3.8) is 0 Å². The van der Waals surface area contributed by atoms with Crippen molar-refractivity contribution in [2.45, 2.75) is 6.42 Å². The van der Waals surface area contributed by atoms with Gasteiger partial charge in [-0.05, 0) is 47.9 Å². The van der Waals surface area contributed by atoms with Crippen LogP contribution in [0.1, 0.15) is 11.1 Å². The van der Waals surface area contributed by atoms with Gasteiger partial charge >= 0.3 is 0 Å². The Labute approximate surface area is 136 Å². The second-order valence-corrected chi connectivity index (χ2v) is 5.81. The Morgan fingerprint density at radius 1 is 1.00 bits per heavy atom. The van der Waals surface area contributed by atoms with E-state index in [1.165, 1.54) is 0 Å². The lowest BCUT2D eigenvalue weighted by atomic mass is 10.1. The van der Waals surface area contributed by atoms with Gasteiger partial charge in [-0.25, -0.2) is 0 Å². The molecule has 0 heterocycles. The summed E-state index contributed by atoms with van der Waals surface area (Å²) < 4.78 is 1.02. The van der Waals surface area contributed by atoms with Crippen molar-refractivity contribution >= 4 is 50.7 Å². The van der Waals surface area contributed by atoms with Crippen molar-refractivity contribution in [1.29, 1.82) is 0 Å². The zero-order valence-corrected chi connectivity index (χ0v) is 13.8. The summed E-state index contributed by atoms with van der Waals surface area (Å²) in [5.74, 6) is 0.282. The lowest BCUT2D eigenvalue weighted by Crippen LogP contribution is -1.89. The third-order valence-corrected chi connectivity index (χ3v) is 3.20. The van der Waals surface area contributed by atoms with Crippen LogP contribution in [-0.2, 0) is 6.42 Å². The van der Waals surface area contributed by atoms with Gasteiger partial charge in [0, 0.05) is 9.50 Å². The van der Waals surface area contributed by atoms with Crippen LogP contribution in [0.2, 0.25) is 5.02 Å². The number of hydrogen-bond donors (Lipinski definition) is 1. The van der Waals surface area contributed by atoms with E-state index in [-0.39, 0.29) is 11.1 Å². The number of alkyl halides is 2. The Hall–Kier alpha value is -0.410. The fourth-order valence-electron chi connectivity index (χ4n) is 1.51. The normalized spacial score (nSPS) is 9.68. The molecule has 0 fully saturated rings. The van der Waals surface area contributed by atoms with Gasteiger partial charge in [0.1, 0.15) is 5.75 Å². The maximum Gasteiger partial charge on any atom is 0.115 e. The molecule has 0 spiro atoms. The number of aromatic hydroxyl groups is 1. The van der Waals surface area contributed by atoms with Crippen LogP contribution in [-0.4, -0.2) is 10.4 Å². The zero-order valence-electron chi connectivity index (χ0n) is 9.91. The van der Waals surface area contributed by atoms with Crippen LogP contribution in [0.25, 0.3) is 0 Å². The summed E-state index contributed by atoms with van der Waals surface area (Å²) in [6.07, 6.45) is 0.762. The minimum atomic E-state index is 0.194. The number of phenolic OH excluding ortho intramolecular Hbond substituents is 1. The van der Waals surface area contributed by atoms with Crippen molar-refractivity contribution in [1.82, 2.24) is 0 Å². The number of hydrogen-bond acceptors (Lipinski definition) is 1. The largest absolute Gasteiger partial charge is 0.508 e. The van der Waals surface area contributed by atoms with Crippen molar-refractivity contribution in [3.05, 3.63) is 63.1 Å². The molecule has 2 aromatic carbocycles. The van der Waals surface area contributed by atoms with E-state index in [9.17, 15) is 5.11 Å². The molecule has 0 atom stereocenters. The minimum absolute atomic E-state index is 0.194.